The Morgan fingerprint density at radius 2 is 1.55 bits per heavy atom. The Kier molecular flexibility index (Phi) is 10.2. The van der Waals surface area contributed by atoms with Crippen molar-refractivity contribution in [3.05, 3.63) is 42.0 Å². The van der Waals surface area contributed by atoms with Crippen molar-refractivity contribution in [1.82, 2.24) is 9.88 Å². The molecule has 3 rings (SSSR count). The highest BCUT2D eigenvalue weighted by molar-refractivity contribution is 7.22. The molecule has 0 bridgehead atoms. The standard InChI is InChI=1S/C24H31N3O4S.ClH/c1-6-26(7-2)14-15-27(21(28)16-17-8-10-18(29-3)11-9-17)24-25-22-19(30-4)12-13-20(31-5)23(22)32-24;/h8-13H,6-7,14-16H2,1-5H3;1H. The number of benzene rings is 2. The molecule has 2 aromatic carbocycles. The van der Waals surface area contributed by atoms with Crippen LogP contribution in [0, 0.1) is 0 Å². The van der Waals surface area contributed by atoms with Crippen LogP contribution in [0.2, 0.25) is 0 Å². The Morgan fingerprint density at radius 3 is 2.12 bits per heavy atom. The van der Waals surface area contributed by atoms with Gasteiger partial charge in [0, 0.05) is 13.1 Å². The third kappa shape index (κ3) is 6.28. The van der Waals surface area contributed by atoms with Gasteiger partial charge in [0.05, 0.1) is 27.8 Å². The second kappa shape index (κ2) is 12.6. The van der Waals surface area contributed by atoms with Gasteiger partial charge in [0.25, 0.3) is 0 Å². The number of amides is 1. The number of thiazole rings is 1. The number of rotatable bonds is 11. The third-order valence-electron chi connectivity index (χ3n) is 5.48. The van der Waals surface area contributed by atoms with E-state index in [9.17, 15) is 4.79 Å². The van der Waals surface area contributed by atoms with Gasteiger partial charge in [-0.2, -0.15) is 0 Å². The second-order valence-electron chi connectivity index (χ2n) is 7.24. The second-order valence-corrected chi connectivity index (χ2v) is 8.22. The zero-order valence-corrected chi connectivity index (χ0v) is 21.4. The van der Waals surface area contributed by atoms with Crippen LogP contribution < -0.4 is 19.1 Å². The first-order valence-corrected chi connectivity index (χ1v) is 11.5. The Hall–Kier alpha value is -2.55. The molecule has 0 fully saturated rings. The van der Waals surface area contributed by atoms with E-state index in [0.29, 0.717) is 22.9 Å². The van der Waals surface area contributed by atoms with E-state index in [1.165, 1.54) is 11.3 Å². The number of nitrogens with zero attached hydrogens (tertiary/aromatic N) is 3. The number of methoxy groups -OCH3 is 3. The molecule has 0 aliphatic rings. The summed E-state index contributed by atoms with van der Waals surface area (Å²) in [7, 11) is 4.88. The van der Waals surface area contributed by atoms with Crippen LogP contribution in [0.4, 0.5) is 5.13 Å². The van der Waals surface area contributed by atoms with E-state index in [-0.39, 0.29) is 24.7 Å². The molecule has 1 amide bonds. The number of likely N-dealkylation sites (N-methyl/N-ethyl adjacent to an activating group) is 1. The van der Waals surface area contributed by atoms with Gasteiger partial charge in [0.1, 0.15) is 27.5 Å². The summed E-state index contributed by atoms with van der Waals surface area (Å²) in [6, 6.07) is 11.3. The summed E-state index contributed by atoms with van der Waals surface area (Å²) in [5, 5.41) is 0.647. The predicted octanol–water partition coefficient (Wildman–Crippen LogP) is 4.66. The SMILES string of the molecule is CCN(CC)CCN(C(=O)Cc1ccc(OC)cc1)c1nc2c(OC)ccc(OC)c2s1.Cl. The summed E-state index contributed by atoms with van der Waals surface area (Å²) in [4.78, 5) is 22.3. The average Bonchev–Trinajstić information content (AvgIpc) is 3.26. The number of halogens is 1. The van der Waals surface area contributed by atoms with Crippen molar-refractivity contribution >= 4 is 45.0 Å². The molecule has 0 saturated carbocycles. The van der Waals surface area contributed by atoms with Gasteiger partial charge in [-0.25, -0.2) is 4.98 Å². The molecule has 0 spiro atoms. The van der Waals surface area contributed by atoms with Crippen LogP contribution in [0.25, 0.3) is 10.2 Å². The van der Waals surface area contributed by atoms with Crippen molar-refractivity contribution in [2.45, 2.75) is 20.3 Å². The fourth-order valence-corrected chi connectivity index (χ4v) is 4.63. The number of anilines is 1. The van der Waals surface area contributed by atoms with Crippen molar-refractivity contribution in [2.24, 2.45) is 0 Å². The normalized spacial score (nSPS) is 10.7. The molecule has 0 unspecified atom stereocenters. The molecule has 7 nitrogen and oxygen atoms in total. The van der Waals surface area contributed by atoms with Crippen molar-refractivity contribution in [1.29, 1.82) is 0 Å². The molecule has 0 aliphatic carbocycles. The summed E-state index contributed by atoms with van der Waals surface area (Å²) in [5.41, 5.74) is 1.64. The van der Waals surface area contributed by atoms with Gasteiger partial charge in [0.2, 0.25) is 5.91 Å². The van der Waals surface area contributed by atoms with Gasteiger partial charge in [-0.05, 0) is 42.9 Å². The van der Waals surface area contributed by atoms with Gasteiger partial charge in [0.15, 0.2) is 5.13 Å². The van der Waals surface area contributed by atoms with Crippen LogP contribution in [0.3, 0.4) is 0 Å². The maximum atomic E-state index is 13.4. The van der Waals surface area contributed by atoms with Gasteiger partial charge >= 0.3 is 0 Å². The first kappa shape index (κ1) is 26.7. The molecular weight excluding hydrogens is 462 g/mol. The molecule has 33 heavy (non-hydrogen) atoms. The minimum Gasteiger partial charge on any atom is -0.497 e. The van der Waals surface area contributed by atoms with Crippen LogP contribution in [0.15, 0.2) is 36.4 Å². The summed E-state index contributed by atoms with van der Waals surface area (Å²) >= 11 is 1.45. The Bertz CT molecular complexity index is 997. The van der Waals surface area contributed by atoms with Crippen molar-refractivity contribution < 1.29 is 19.0 Å². The molecule has 0 N–H and O–H groups in total. The molecule has 1 heterocycles. The molecule has 0 atom stereocenters. The highest BCUT2D eigenvalue weighted by Gasteiger charge is 2.23. The first-order valence-electron chi connectivity index (χ1n) is 10.7. The number of ether oxygens (including phenoxy) is 3. The lowest BCUT2D eigenvalue weighted by Crippen LogP contribution is -2.39. The van der Waals surface area contributed by atoms with Gasteiger partial charge < -0.3 is 19.1 Å². The van der Waals surface area contributed by atoms with E-state index >= 15 is 0 Å². The van der Waals surface area contributed by atoms with Crippen LogP contribution in [-0.2, 0) is 11.2 Å². The maximum Gasteiger partial charge on any atom is 0.233 e. The smallest absolute Gasteiger partial charge is 0.233 e. The predicted molar refractivity (Wildman–Crippen MR) is 137 cm³/mol. The number of carbonyl (C=O) groups excluding carboxylic acids is 1. The minimum atomic E-state index is -0.000636. The number of hydrogen-bond donors (Lipinski definition) is 0. The third-order valence-corrected chi connectivity index (χ3v) is 6.57. The fourth-order valence-electron chi connectivity index (χ4n) is 3.51. The maximum absolute atomic E-state index is 13.4. The van der Waals surface area contributed by atoms with E-state index in [0.717, 1.165) is 41.4 Å². The molecule has 180 valence electrons. The zero-order chi connectivity index (χ0) is 23.1. The van der Waals surface area contributed by atoms with E-state index in [2.05, 4.69) is 18.7 Å². The van der Waals surface area contributed by atoms with E-state index < -0.39 is 0 Å². The van der Waals surface area contributed by atoms with Crippen molar-refractivity contribution in [3.63, 3.8) is 0 Å². The Labute approximate surface area is 205 Å². The van der Waals surface area contributed by atoms with Crippen LogP contribution in [0.1, 0.15) is 19.4 Å². The van der Waals surface area contributed by atoms with E-state index in [4.69, 9.17) is 19.2 Å². The van der Waals surface area contributed by atoms with Crippen LogP contribution in [-0.4, -0.2) is 63.3 Å². The van der Waals surface area contributed by atoms with Gasteiger partial charge in [-0.15, -0.1) is 12.4 Å². The lowest BCUT2D eigenvalue weighted by molar-refractivity contribution is -0.118. The fraction of sp³-hybridized carbons (Fsp3) is 0.417. The minimum absolute atomic E-state index is 0. The topological polar surface area (TPSA) is 64.1 Å². The highest BCUT2D eigenvalue weighted by atomic mass is 35.5. The van der Waals surface area contributed by atoms with E-state index in [1.54, 1.807) is 26.2 Å². The van der Waals surface area contributed by atoms with Gasteiger partial charge in [-0.1, -0.05) is 37.3 Å². The number of hydrogen-bond acceptors (Lipinski definition) is 7. The zero-order valence-electron chi connectivity index (χ0n) is 19.8. The summed E-state index contributed by atoms with van der Waals surface area (Å²) in [6.07, 6.45) is 0.284. The first-order chi connectivity index (χ1) is 15.5. The quantitative estimate of drug-likeness (QED) is 0.387. The van der Waals surface area contributed by atoms with Gasteiger partial charge in [-0.3, -0.25) is 9.69 Å². The molecule has 3 aromatic rings. The summed E-state index contributed by atoms with van der Waals surface area (Å²) in [5.74, 6) is 2.15. The van der Waals surface area contributed by atoms with Crippen LogP contribution in [0.5, 0.6) is 17.2 Å². The van der Waals surface area contributed by atoms with E-state index in [1.807, 2.05) is 36.4 Å². The Morgan fingerprint density at radius 1 is 0.909 bits per heavy atom. The Balaban J connectivity index is 0.00000385. The molecule has 1 aromatic heterocycles. The molecule has 9 heteroatoms. The lowest BCUT2D eigenvalue weighted by Gasteiger charge is -2.24. The average molecular weight is 494 g/mol. The largest absolute Gasteiger partial charge is 0.497 e. The monoisotopic (exact) mass is 493 g/mol. The summed E-state index contributed by atoms with van der Waals surface area (Å²) < 4.78 is 17.1. The number of aromatic nitrogens is 1. The molecule has 0 radical (unpaired) electrons. The summed E-state index contributed by atoms with van der Waals surface area (Å²) in [6.45, 7) is 7.44. The molecule has 0 aliphatic heterocycles. The number of fused-ring (bicyclic) bond motifs is 1. The van der Waals surface area contributed by atoms with Crippen LogP contribution >= 0.6 is 23.7 Å². The highest BCUT2D eigenvalue weighted by Crippen LogP contribution is 2.40. The van der Waals surface area contributed by atoms with Crippen molar-refractivity contribution in [2.75, 3.05) is 52.4 Å². The molecule has 0 saturated heterocycles. The molecular formula is C24H32ClN3O4S. The van der Waals surface area contributed by atoms with Crippen molar-refractivity contribution in [3.8, 4) is 17.2 Å². The lowest BCUT2D eigenvalue weighted by atomic mass is 10.1. The number of carbonyl (C=O) groups is 1.